The Morgan fingerprint density at radius 2 is 2.04 bits per heavy atom. The van der Waals surface area contributed by atoms with Gasteiger partial charge in [-0.3, -0.25) is 9.89 Å². The second-order valence-corrected chi connectivity index (χ2v) is 5.77. The molecular formula is C15H17N7O. The first-order valence-corrected chi connectivity index (χ1v) is 7.72. The molecule has 118 valence electrons. The second-order valence-electron chi connectivity index (χ2n) is 5.77. The number of carbonyl (C=O) groups is 1. The molecule has 0 aliphatic carbocycles. The van der Waals surface area contributed by atoms with Crippen molar-refractivity contribution in [2.45, 2.75) is 25.3 Å². The van der Waals surface area contributed by atoms with Crippen LogP contribution in [-0.4, -0.2) is 54.1 Å². The number of H-pyrrole nitrogens is 1. The van der Waals surface area contributed by atoms with Gasteiger partial charge in [0.15, 0.2) is 0 Å². The van der Waals surface area contributed by atoms with Gasteiger partial charge in [-0.05, 0) is 25.0 Å². The van der Waals surface area contributed by atoms with Crippen LogP contribution >= 0.6 is 0 Å². The van der Waals surface area contributed by atoms with Gasteiger partial charge in [-0.1, -0.05) is 12.1 Å². The second kappa shape index (κ2) is 5.79. The van der Waals surface area contributed by atoms with E-state index in [-0.39, 0.29) is 18.4 Å². The maximum Gasteiger partial charge on any atom is 0.246 e. The quantitative estimate of drug-likeness (QED) is 0.777. The van der Waals surface area contributed by atoms with Crippen molar-refractivity contribution in [1.29, 1.82) is 0 Å². The molecule has 8 heteroatoms. The molecule has 1 atom stereocenters. The molecule has 1 N–H and O–H groups in total. The number of amides is 1. The summed E-state index contributed by atoms with van der Waals surface area (Å²) in [5, 5.41) is 15.5. The van der Waals surface area contributed by atoms with E-state index < -0.39 is 0 Å². The molecular weight excluding hydrogens is 294 g/mol. The molecule has 4 rings (SSSR count). The minimum atomic E-state index is 0.0366. The maximum absolute atomic E-state index is 12.5. The highest BCUT2D eigenvalue weighted by atomic mass is 16.2. The first kappa shape index (κ1) is 13.9. The molecule has 0 unspecified atom stereocenters. The molecule has 1 aromatic carbocycles. The third kappa shape index (κ3) is 2.79. The summed E-state index contributed by atoms with van der Waals surface area (Å²) in [5.74, 6) is 1.11. The van der Waals surface area contributed by atoms with E-state index in [9.17, 15) is 4.79 Å². The number of nitrogens with zero attached hydrogens (tertiary/aromatic N) is 6. The lowest BCUT2D eigenvalue weighted by molar-refractivity contribution is -0.133. The molecule has 1 amide bonds. The summed E-state index contributed by atoms with van der Waals surface area (Å²) >= 11 is 0. The van der Waals surface area contributed by atoms with Crippen molar-refractivity contribution in [3.8, 4) is 0 Å². The van der Waals surface area contributed by atoms with Crippen LogP contribution in [0.15, 0.2) is 30.6 Å². The van der Waals surface area contributed by atoms with Crippen LogP contribution < -0.4 is 0 Å². The average molecular weight is 311 g/mol. The van der Waals surface area contributed by atoms with Crippen molar-refractivity contribution < 1.29 is 4.79 Å². The van der Waals surface area contributed by atoms with Gasteiger partial charge in [0.25, 0.3) is 0 Å². The van der Waals surface area contributed by atoms with E-state index in [0.29, 0.717) is 6.54 Å². The molecule has 0 radical (unpaired) electrons. The Labute approximate surface area is 132 Å². The number of carbonyl (C=O) groups excluding carboxylic acids is 1. The molecule has 23 heavy (non-hydrogen) atoms. The number of hydrogen-bond acceptors (Lipinski definition) is 5. The van der Waals surface area contributed by atoms with Gasteiger partial charge >= 0.3 is 0 Å². The third-order valence-electron chi connectivity index (χ3n) is 4.20. The molecule has 0 bridgehead atoms. The van der Waals surface area contributed by atoms with Crippen LogP contribution in [0.1, 0.15) is 24.6 Å². The highest BCUT2D eigenvalue weighted by Gasteiger charge is 2.26. The van der Waals surface area contributed by atoms with E-state index in [0.717, 1.165) is 36.2 Å². The summed E-state index contributed by atoms with van der Waals surface area (Å²) in [7, 11) is 0. The lowest BCUT2D eigenvalue weighted by atomic mass is 9.97. The summed E-state index contributed by atoms with van der Waals surface area (Å²) in [6, 6.07) is 7.61. The molecule has 3 aromatic rings. The number of aromatic nitrogens is 6. The number of piperidine rings is 1. The van der Waals surface area contributed by atoms with Crippen molar-refractivity contribution in [3.05, 3.63) is 36.4 Å². The number of fused-ring (bicyclic) bond motifs is 1. The van der Waals surface area contributed by atoms with Gasteiger partial charge < -0.3 is 4.90 Å². The monoisotopic (exact) mass is 311 g/mol. The Hall–Kier alpha value is -2.77. The topological polar surface area (TPSA) is 92.6 Å². The zero-order chi connectivity index (χ0) is 15.6. The fraction of sp³-hybridized carbons (Fsp3) is 0.400. The zero-order valence-electron chi connectivity index (χ0n) is 12.6. The van der Waals surface area contributed by atoms with Gasteiger partial charge in [0.05, 0.1) is 0 Å². The van der Waals surface area contributed by atoms with Gasteiger partial charge in [-0.2, -0.15) is 20.1 Å². The predicted molar refractivity (Wildman–Crippen MR) is 82.5 cm³/mol. The Morgan fingerprint density at radius 3 is 2.74 bits per heavy atom. The molecule has 1 aliphatic rings. The van der Waals surface area contributed by atoms with E-state index >= 15 is 0 Å². The minimum absolute atomic E-state index is 0.0366. The number of likely N-dealkylation sites (tertiary alicyclic amines) is 1. The summed E-state index contributed by atoms with van der Waals surface area (Å²) < 4.78 is 0. The fourth-order valence-corrected chi connectivity index (χ4v) is 3.03. The number of benzene rings is 1. The third-order valence-corrected chi connectivity index (χ3v) is 4.20. The molecule has 0 spiro atoms. The van der Waals surface area contributed by atoms with Crippen molar-refractivity contribution in [2.75, 3.05) is 13.1 Å². The number of nitrogens with one attached hydrogen (secondary N) is 1. The molecule has 1 fully saturated rings. The van der Waals surface area contributed by atoms with Crippen molar-refractivity contribution >= 4 is 16.9 Å². The van der Waals surface area contributed by atoms with Crippen LogP contribution in [0.2, 0.25) is 0 Å². The van der Waals surface area contributed by atoms with Gasteiger partial charge in [-0.15, -0.1) is 0 Å². The largest absolute Gasteiger partial charge is 0.340 e. The number of hydrogen-bond donors (Lipinski definition) is 1. The van der Waals surface area contributed by atoms with E-state index in [1.807, 2.05) is 29.2 Å². The summed E-state index contributed by atoms with van der Waals surface area (Å²) in [6.45, 7) is 1.59. The Bertz CT molecular complexity index is 777. The standard InChI is InChI=1S/C15H17N7O/c23-14(9-22-19-12-5-1-2-6-13(12)20-22)21-7-3-4-11(8-21)15-16-10-17-18-15/h1-2,5-6,10-11H,3-4,7-9H2,(H,16,17,18)/t11-/m1/s1. The summed E-state index contributed by atoms with van der Waals surface area (Å²) in [6.07, 6.45) is 3.49. The van der Waals surface area contributed by atoms with Gasteiger partial charge in [-0.25, -0.2) is 4.98 Å². The Kier molecular flexibility index (Phi) is 3.49. The van der Waals surface area contributed by atoms with Crippen LogP contribution in [0.25, 0.3) is 11.0 Å². The first-order chi connectivity index (χ1) is 11.3. The predicted octanol–water partition coefficient (Wildman–Crippen LogP) is 0.956. The first-order valence-electron chi connectivity index (χ1n) is 7.72. The molecule has 3 heterocycles. The SMILES string of the molecule is O=C(Cn1nc2ccccc2n1)N1CCC[C@@H](c2ncn[nH]2)C1. The molecule has 8 nitrogen and oxygen atoms in total. The maximum atomic E-state index is 12.5. The Balaban J connectivity index is 1.45. The highest BCUT2D eigenvalue weighted by molar-refractivity contribution is 5.77. The molecule has 2 aromatic heterocycles. The van der Waals surface area contributed by atoms with Crippen molar-refractivity contribution in [1.82, 2.24) is 35.1 Å². The van der Waals surface area contributed by atoms with Gasteiger partial charge in [0.1, 0.15) is 29.7 Å². The fourth-order valence-electron chi connectivity index (χ4n) is 3.03. The van der Waals surface area contributed by atoms with Crippen LogP contribution in [0.3, 0.4) is 0 Å². The Morgan fingerprint density at radius 1 is 1.26 bits per heavy atom. The average Bonchev–Trinajstić information content (AvgIpc) is 3.24. The number of aromatic amines is 1. The van der Waals surface area contributed by atoms with E-state index in [2.05, 4.69) is 25.4 Å². The van der Waals surface area contributed by atoms with Crippen LogP contribution in [0, 0.1) is 0 Å². The van der Waals surface area contributed by atoms with Crippen LogP contribution in [-0.2, 0) is 11.3 Å². The van der Waals surface area contributed by atoms with Gasteiger partial charge in [0.2, 0.25) is 5.91 Å². The van der Waals surface area contributed by atoms with E-state index in [1.165, 1.54) is 11.1 Å². The summed E-state index contributed by atoms with van der Waals surface area (Å²) in [4.78, 5) is 20.1. The lowest BCUT2D eigenvalue weighted by Crippen LogP contribution is -2.41. The lowest BCUT2D eigenvalue weighted by Gasteiger charge is -2.31. The minimum Gasteiger partial charge on any atom is -0.340 e. The van der Waals surface area contributed by atoms with E-state index in [4.69, 9.17) is 0 Å². The van der Waals surface area contributed by atoms with Crippen LogP contribution in [0.5, 0.6) is 0 Å². The number of rotatable bonds is 3. The van der Waals surface area contributed by atoms with Crippen LogP contribution in [0.4, 0.5) is 0 Å². The molecule has 0 saturated carbocycles. The van der Waals surface area contributed by atoms with Crippen molar-refractivity contribution in [2.24, 2.45) is 0 Å². The smallest absolute Gasteiger partial charge is 0.246 e. The van der Waals surface area contributed by atoms with Gasteiger partial charge in [0, 0.05) is 19.0 Å². The normalized spacial score (nSPS) is 18.4. The van der Waals surface area contributed by atoms with E-state index in [1.54, 1.807) is 0 Å². The zero-order valence-corrected chi connectivity index (χ0v) is 12.6. The summed E-state index contributed by atoms with van der Waals surface area (Å²) in [5.41, 5.74) is 1.61. The van der Waals surface area contributed by atoms with Crippen molar-refractivity contribution in [3.63, 3.8) is 0 Å². The molecule has 1 saturated heterocycles. The highest BCUT2D eigenvalue weighted by Crippen LogP contribution is 2.24. The molecule has 1 aliphatic heterocycles.